The number of ether oxygens (including phenoxy) is 1. The normalized spacial score (nSPS) is 25.1. The lowest BCUT2D eigenvalue weighted by Gasteiger charge is -2.32. The van der Waals surface area contributed by atoms with E-state index >= 15 is 0 Å². The summed E-state index contributed by atoms with van der Waals surface area (Å²) in [6, 6.07) is 6.49. The SMILES string of the molecule is [CH2-][NH+]1CCc2c(cccc2OC2CCN(C)CC2)C1. The van der Waals surface area contributed by atoms with Crippen molar-refractivity contribution in [2.45, 2.75) is 31.9 Å². The molecule has 2 aliphatic heterocycles. The molecule has 2 aliphatic rings. The molecule has 0 aromatic heterocycles. The molecule has 1 fully saturated rings. The van der Waals surface area contributed by atoms with E-state index in [2.05, 4.69) is 37.2 Å². The van der Waals surface area contributed by atoms with Crippen LogP contribution >= 0.6 is 0 Å². The molecule has 19 heavy (non-hydrogen) atoms. The van der Waals surface area contributed by atoms with Gasteiger partial charge in [-0.1, -0.05) is 12.1 Å². The number of benzene rings is 1. The van der Waals surface area contributed by atoms with E-state index in [4.69, 9.17) is 4.74 Å². The zero-order valence-corrected chi connectivity index (χ0v) is 11.8. The van der Waals surface area contributed by atoms with Gasteiger partial charge in [-0.25, -0.2) is 0 Å². The molecule has 0 bridgehead atoms. The number of quaternary nitrogens is 1. The Hall–Kier alpha value is -1.06. The van der Waals surface area contributed by atoms with Crippen LogP contribution in [0.15, 0.2) is 18.2 Å². The Labute approximate surface area is 116 Å². The largest absolute Gasteiger partial charge is 0.490 e. The first-order valence-electron chi connectivity index (χ1n) is 7.35. The Balaban J connectivity index is 1.73. The fourth-order valence-electron chi connectivity index (χ4n) is 3.11. The van der Waals surface area contributed by atoms with Crippen LogP contribution in [0.3, 0.4) is 0 Å². The van der Waals surface area contributed by atoms with Crippen LogP contribution in [0.2, 0.25) is 0 Å². The number of rotatable bonds is 2. The monoisotopic (exact) mass is 260 g/mol. The quantitative estimate of drug-likeness (QED) is 0.796. The zero-order valence-electron chi connectivity index (χ0n) is 11.8. The summed E-state index contributed by atoms with van der Waals surface area (Å²) in [4.78, 5) is 3.73. The number of hydrogen-bond acceptors (Lipinski definition) is 2. The van der Waals surface area contributed by atoms with Gasteiger partial charge in [0, 0.05) is 30.6 Å². The van der Waals surface area contributed by atoms with Crippen LogP contribution in [0.1, 0.15) is 24.0 Å². The zero-order chi connectivity index (χ0) is 13.2. The summed E-state index contributed by atoms with van der Waals surface area (Å²) < 4.78 is 6.28. The minimum atomic E-state index is 0.396. The van der Waals surface area contributed by atoms with Crippen molar-refractivity contribution in [1.29, 1.82) is 0 Å². The second-order valence-corrected chi connectivity index (χ2v) is 5.94. The van der Waals surface area contributed by atoms with E-state index in [-0.39, 0.29) is 0 Å². The van der Waals surface area contributed by atoms with Crippen molar-refractivity contribution in [1.82, 2.24) is 4.90 Å². The van der Waals surface area contributed by atoms with E-state index in [0.717, 1.165) is 51.2 Å². The van der Waals surface area contributed by atoms with Crippen LogP contribution < -0.4 is 9.64 Å². The van der Waals surface area contributed by atoms with Crippen LogP contribution in [-0.2, 0) is 13.0 Å². The fraction of sp³-hybridized carbons (Fsp3) is 0.562. The summed E-state index contributed by atoms with van der Waals surface area (Å²) in [6.07, 6.45) is 3.78. The van der Waals surface area contributed by atoms with Crippen LogP contribution in [0.4, 0.5) is 0 Å². The fourth-order valence-corrected chi connectivity index (χ4v) is 3.11. The van der Waals surface area contributed by atoms with E-state index in [9.17, 15) is 0 Å². The predicted octanol–water partition coefficient (Wildman–Crippen LogP) is 0.892. The first kappa shape index (κ1) is 12.9. The van der Waals surface area contributed by atoms with E-state index in [0.29, 0.717) is 6.10 Å². The van der Waals surface area contributed by atoms with Gasteiger partial charge in [0.1, 0.15) is 11.9 Å². The molecule has 1 aromatic carbocycles. The lowest BCUT2D eigenvalue weighted by Crippen LogP contribution is -3.06. The number of likely N-dealkylation sites (tertiary alicyclic amines) is 1. The number of nitrogens with zero attached hydrogens (tertiary/aromatic N) is 1. The third kappa shape index (κ3) is 2.93. The lowest BCUT2D eigenvalue weighted by molar-refractivity contribution is -0.870. The van der Waals surface area contributed by atoms with Crippen molar-refractivity contribution < 1.29 is 9.64 Å². The first-order valence-corrected chi connectivity index (χ1v) is 7.35. The molecule has 3 nitrogen and oxygen atoms in total. The van der Waals surface area contributed by atoms with Crippen LogP contribution in [0, 0.1) is 7.05 Å². The van der Waals surface area contributed by atoms with Gasteiger partial charge >= 0.3 is 0 Å². The van der Waals surface area contributed by atoms with Crippen molar-refractivity contribution in [2.75, 3.05) is 26.7 Å². The number of piperidine rings is 1. The van der Waals surface area contributed by atoms with E-state index in [1.54, 1.807) is 0 Å². The second-order valence-electron chi connectivity index (χ2n) is 5.94. The summed E-state index contributed by atoms with van der Waals surface area (Å²) in [5.74, 6) is 1.12. The van der Waals surface area contributed by atoms with Crippen LogP contribution in [0.5, 0.6) is 5.75 Å². The highest BCUT2D eigenvalue weighted by molar-refractivity contribution is 5.41. The molecule has 0 radical (unpaired) electrons. The summed E-state index contributed by atoms with van der Waals surface area (Å²) in [5, 5.41) is 0. The van der Waals surface area contributed by atoms with Crippen LogP contribution in [-0.4, -0.2) is 37.7 Å². The van der Waals surface area contributed by atoms with Crippen molar-refractivity contribution in [2.24, 2.45) is 0 Å². The second kappa shape index (κ2) is 5.51. The van der Waals surface area contributed by atoms with Gasteiger partial charge < -0.3 is 14.5 Å². The molecule has 3 heteroatoms. The summed E-state index contributed by atoms with van der Waals surface area (Å²) in [6.45, 7) is 4.44. The van der Waals surface area contributed by atoms with Gasteiger partial charge in [0.25, 0.3) is 0 Å². The highest BCUT2D eigenvalue weighted by Crippen LogP contribution is 2.27. The standard InChI is InChI=1S/C16H24N2O/c1-17-9-6-14(7-10-17)19-16-5-3-4-13-12-18(2)11-8-15(13)16/h3-5,14,18H,2,6-12H2,1H3. The molecule has 1 N–H and O–H groups in total. The average Bonchev–Trinajstić information content (AvgIpc) is 2.41. The average molecular weight is 260 g/mol. The van der Waals surface area contributed by atoms with Gasteiger partial charge in [0.15, 0.2) is 0 Å². The molecule has 0 spiro atoms. The third-order valence-corrected chi connectivity index (χ3v) is 4.36. The highest BCUT2D eigenvalue weighted by atomic mass is 16.5. The Morgan fingerprint density at radius 3 is 2.89 bits per heavy atom. The molecule has 1 aromatic rings. The Kier molecular flexibility index (Phi) is 3.76. The molecule has 0 saturated carbocycles. The molecule has 1 atom stereocenters. The topological polar surface area (TPSA) is 16.9 Å². The van der Waals surface area contributed by atoms with Crippen molar-refractivity contribution in [3.8, 4) is 5.75 Å². The molecule has 0 aliphatic carbocycles. The van der Waals surface area contributed by atoms with Crippen molar-refractivity contribution >= 4 is 0 Å². The Morgan fingerprint density at radius 1 is 1.32 bits per heavy atom. The Bertz CT molecular complexity index is 438. The van der Waals surface area contributed by atoms with Gasteiger partial charge in [-0.2, -0.15) is 7.05 Å². The summed E-state index contributed by atoms with van der Waals surface area (Å²) in [7, 11) is 6.31. The van der Waals surface area contributed by atoms with Crippen molar-refractivity contribution in [3.63, 3.8) is 0 Å². The molecular weight excluding hydrogens is 236 g/mol. The number of fused-ring (bicyclic) bond motifs is 1. The molecule has 2 heterocycles. The lowest BCUT2D eigenvalue weighted by atomic mass is 9.99. The van der Waals surface area contributed by atoms with Gasteiger partial charge in [-0.05, 0) is 26.0 Å². The maximum atomic E-state index is 6.28. The van der Waals surface area contributed by atoms with E-state index < -0.39 is 0 Å². The smallest absolute Gasteiger partial charge is 0.123 e. The minimum Gasteiger partial charge on any atom is -0.490 e. The molecule has 0 amide bonds. The Morgan fingerprint density at radius 2 is 2.11 bits per heavy atom. The number of nitrogens with one attached hydrogen (secondary N) is 1. The molecule has 1 unspecified atom stereocenters. The summed E-state index contributed by atoms with van der Waals surface area (Å²) >= 11 is 0. The molecule has 1 saturated heterocycles. The first-order chi connectivity index (χ1) is 9.22. The molecular formula is C16H24N2O. The van der Waals surface area contributed by atoms with Crippen molar-refractivity contribution in [3.05, 3.63) is 36.4 Å². The molecule has 104 valence electrons. The van der Waals surface area contributed by atoms with E-state index in [1.807, 2.05) is 0 Å². The van der Waals surface area contributed by atoms with E-state index in [1.165, 1.54) is 16.0 Å². The van der Waals surface area contributed by atoms with Gasteiger partial charge in [-0.15, -0.1) is 0 Å². The van der Waals surface area contributed by atoms with Gasteiger partial charge in [0.05, 0.1) is 13.1 Å². The predicted molar refractivity (Wildman–Crippen MR) is 76.2 cm³/mol. The third-order valence-electron chi connectivity index (χ3n) is 4.36. The van der Waals surface area contributed by atoms with Gasteiger partial charge in [-0.3, -0.25) is 0 Å². The highest BCUT2D eigenvalue weighted by Gasteiger charge is 2.22. The summed E-state index contributed by atoms with van der Waals surface area (Å²) in [5.41, 5.74) is 2.84. The minimum absolute atomic E-state index is 0.396. The maximum absolute atomic E-state index is 6.28. The van der Waals surface area contributed by atoms with Crippen LogP contribution in [0.25, 0.3) is 0 Å². The number of hydrogen-bond donors (Lipinski definition) is 1. The van der Waals surface area contributed by atoms with Gasteiger partial charge in [0.2, 0.25) is 0 Å². The molecule has 3 rings (SSSR count). The maximum Gasteiger partial charge on any atom is 0.123 e.